The largest absolute Gasteiger partial charge is 0.311 e. The van der Waals surface area contributed by atoms with Crippen LogP contribution in [0.4, 0.5) is 0 Å². The second kappa shape index (κ2) is 8.84. The van der Waals surface area contributed by atoms with Crippen LogP contribution < -0.4 is 11.0 Å². The number of carbonyl (C=O) groups is 1. The van der Waals surface area contributed by atoms with Gasteiger partial charge in [0, 0.05) is 17.8 Å². The molecule has 5 heteroatoms. The normalized spacial score (nSPS) is 10.9. The van der Waals surface area contributed by atoms with E-state index in [-0.39, 0.29) is 5.56 Å². The first-order valence-electron chi connectivity index (χ1n) is 8.03. The maximum absolute atomic E-state index is 12.4. The Balaban J connectivity index is 2.14. The quantitative estimate of drug-likeness (QED) is 0.467. The number of hydroxylamine groups is 1. The van der Waals surface area contributed by atoms with Crippen molar-refractivity contribution in [3.05, 3.63) is 75.7 Å². The van der Waals surface area contributed by atoms with Crippen LogP contribution in [0, 0.1) is 0 Å². The van der Waals surface area contributed by atoms with Crippen molar-refractivity contribution in [2.75, 3.05) is 0 Å². The maximum Gasteiger partial charge on any atom is 0.267 e. The van der Waals surface area contributed by atoms with Gasteiger partial charge in [-0.25, -0.2) is 5.48 Å². The third kappa shape index (κ3) is 4.93. The third-order valence-corrected chi connectivity index (χ3v) is 3.77. The van der Waals surface area contributed by atoms with Crippen molar-refractivity contribution in [3.8, 4) is 0 Å². The molecule has 0 aliphatic rings. The summed E-state index contributed by atoms with van der Waals surface area (Å²) in [6.07, 6.45) is 7.64. The number of carbonyl (C=O) groups excluding carboxylic acids is 1. The molecule has 1 aromatic carbocycles. The molecule has 24 heavy (non-hydrogen) atoms. The number of pyridine rings is 1. The summed E-state index contributed by atoms with van der Waals surface area (Å²) in [5.41, 5.74) is 4.05. The lowest BCUT2D eigenvalue weighted by molar-refractivity contribution is -0.124. The second-order valence-corrected chi connectivity index (χ2v) is 5.63. The summed E-state index contributed by atoms with van der Waals surface area (Å²) in [6, 6.07) is 11.7. The van der Waals surface area contributed by atoms with Gasteiger partial charge < -0.3 is 4.57 Å². The van der Waals surface area contributed by atoms with Crippen molar-refractivity contribution >= 4 is 12.0 Å². The molecule has 0 unspecified atom stereocenters. The molecule has 0 aliphatic carbocycles. The molecule has 0 saturated carbocycles. The molecule has 5 nitrogen and oxygen atoms in total. The van der Waals surface area contributed by atoms with E-state index in [9.17, 15) is 9.59 Å². The number of rotatable bonds is 7. The number of hydrogen-bond donors (Lipinski definition) is 2. The zero-order chi connectivity index (χ0) is 17.4. The molecule has 0 radical (unpaired) electrons. The number of nitrogens with zero attached hydrogens (tertiary/aromatic N) is 1. The van der Waals surface area contributed by atoms with E-state index in [1.807, 2.05) is 12.1 Å². The molecule has 0 atom stereocenters. The average molecular weight is 326 g/mol. The first-order valence-corrected chi connectivity index (χ1v) is 8.03. The second-order valence-electron chi connectivity index (χ2n) is 5.63. The zero-order valence-electron chi connectivity index (χ0n) is 13.7. The smallest absolute Gasteiger partial charge is 0.267 e. The van der Waals surface area contributed by atoms with Gasteiger partial charge in [-0.15, -0.1) is 0 Å². The fourth-order valence-corrected chi connectivity index (χ4v) is 2.40. The Kier molecular flexibility index (Phi) is 6.51. The summed E-state index contributed by atoms with van der Waals surface area (Å²) >= 11 is 0. The lowest BCUT2D eigenvalue weighted by Gasteiger charge is -2.08. The van der Waals surface area contributed by atoms with Crippen molar-refractivity contribution in [2.24, 2.45) is 0 Å². The molecule has 2 rings (SSSR count). The van der Waals surface area contributed by atoms with E-state index in [0.717, 1.165) is 18.1 Å². The van der Waals surface area contributed by atoms with Gasteiger partial charge in [-0.05, 0) is 42.2 Å². The Labute approximate surface area is 141 Å². The third-order valence-electron chi connectivity index (χ3n) is 3.77. The van der Waals surface area contributed by atoms with E-state index in [2.05, 4.69) is 19.1 Å². The van der Waals surface area contributed by atoms with E-state index in [1.165, 1.54) is 30.0 Å². The van der Waals surface area contributed by atoms with Crippen LogP contribution in [0.5, 0.6) is 0 Å². The van der Waals surface area contributed by atoms with Crippen LogP contribution in [0.25, 0.3) is 6.08 Å². The van der Waals surface area contributed by atoms with Gasteiger partial charge >= 0.3 is 0 Å². The monoisotopic (exact) mass is 326 g/mol. The topological polar surface area (TPSA) is 71.3 Å². The maximum atomic E-state index is 12.4. The minimum Gasteiger partial charge on any atom is -0.311 e. The van der Waals surface area contributed by atoms with E-state index in [0.29, 0.717) is 12.1 Å². The Hall–Kier alpha value is -2.66. The van der Waals surface area contributed by atoms with Crippen molar-refractivity contribution < 1.29 is 10.0 Å². The summed E-state index contributed by atoms with van der Waals surface area (Å²) in [5.74, 6) is -0.674. The van der Waals surface area contributed by atoms with Crippen molar-refractivity contribution in [1.29, 1.82) is 0 Å². The molecule has 2 N–H and O–H groups in total. The van der Waals surface area contributed by atoms with Gasteiger partial charge in [-0.1, -0.05) is 37.6 Å². The van der Waals surface area contributed by atoms with E-state index >= 15 is 0 Å². The average Bonchev–Trinajstić information content (AvgIpc) is 2.61. The van der Waals surface area contributed by atoms with Gasteiger partial charge in [-0.3, -0.25) is 14.8 Å². The van der Waals surface area contributed by atoms with Gasteiger partial charge in [0.15, 0.2) is 0 Å². The molecule has 1 heterocycles. The molecular weight excluding hydrogens is 304 g/mol. The molecule has 0 aliphatic heterocycles. The fourth-order valence-electron chi connectivity index (χ4n) is 2.40. The fraction of sp³-hybridized carbons (Fsp3) is 0.263. The van der Waals surface area contributed by atoms with Gasteiger partial charge in [0.1, 0.15) is 0 Å². The summed E-state index contributed by atoms with van der Waals surface area (Å²) in [4.78, 5) is 23.4. The predicted molar refractivity (Wildman–Crippen MR) is 93.8 cm³/mol. The lowest BCUT2D eigenvalue weighted by atomic mass is 10.1. The number of aryl methyl sites for hydroxylation is 1. The number of nitrogens with one attached hydrogen (secondary N) is 1. The first-order chi connectivity index (χ1) is 11.6. The van der Waals surface area contributed by atoms with Gasteiger partial charge in [-0.2, -0.15) is 0 Å². The highest BCUT2D eigenvalue weighted by Crippen LogP contribution is 2.09. The van der Waals surface area contributed by atoms with Gasteiger partial charge in [0.25, 0.3) is 11.5 Å². The molecule has 0 bridgehead atoms. The Bertz CT molecular complexity index is 761. The molecule has 0 spiro atoms. The molecule has 0 saturated heterocycles. The Morgan fingerprint density at radius 3 is 2.58 bits per heavy atom. The number of amides is 1. The van der Waals surface area contributed by atoms with E-state index in [1.54, 1.807) is 22.9 Å². The van der Waals surface area contributed by atoms with Crippen molar-refractivity contribution in [2.45, 2.75) is 32.7 Å². The highest BCUT2D eigenvalue weighted by molar-refractivity contribution is 5.90. The van der Waals surface area contributed by atoms with Crippen LogP contribution in [-0.2, 0) is 17.8 Å². The zero-order valence-corrected chi connectivity index (χ0v) is 13.7. The van der Waals surface area contributed by atoms with Crippen LogP contribution in [0.2, 0.25) is 0 Å². The van der Waals surface area contributed by atoms with Crippen LogP contribution in [-0.4, -0.2) is 15.7 Å². The van der Waals surface area contributed by atoms with Crippen molar-refractivity contribution in [3.63, 3.8) is 0 Å². The molecule has 0 fully saturated rings. The lowest BCUT2D eigenvalue weighted by Crippen LogP contribution is -2.22. The summed E-state index contributed by atoms with van der Waals surface area (Å²) in [5, 5.41) is 8.47. The van der Waals surface area contributed by atoms with Crippen molar-refractivity contribution in [1.82, 2.24) is 10.0 Å². The summed E-state index contributed by atoms with van der Waals surface area (Å²) in [6.45, 7) is 2.65. The molecule has 2 aromatic rings. The molecule has 1 amide bonds. The SMILES string of the molecule is CCCCc1ccc(Cn2cccc(/C=C/C(=O)NO)c2=O)cc1. The standard InChI is InChI=1S/C19H22N2O3/c1-2-3-5-15-7-9-16(10-8-15)14-21-13-4-6-17(19(21)23)11-12-18(22)20-24/h4,6-13,24H,2-3,5,14H2,1H3,(H,20,22)/b12-11+. The van der Waals surface area contributed by atoms with E-state index in [4.69, 9.17) is 5.21 Å². The number of hydrogen-bond acceptors (Lipinski definition) is 3. The minimum atomic E-state index is -0.674. The molecule has 126 valence electrons. The number of unbranched alkanes of at least 4 members (excludes halogenated alkanes) is 1. The minimum absolute atomic E-state index is 0.186. The summed E-state index contributed by atoms with van der Waals surface area (Å²) in [7, 11) is 0. The predicted octanol–water partition coefficient (Wildman–Crippen LogP) is 2.76. The number of benzene rings is 1. The van der Waals surface area contributed by atoms with E-state index < -0.39 is 5.91 Å². The summed E-state index contributed by atoms with van der Waals surface area (Å²) < 4.78 is 1.59. The highest BCUT2D eigenvalue weighted by Gasteiger charge is 2.03. The van der Waals surface area contributed by atoms with Crippen LogP contribution >= 0.6 is 0 Å². The van der Waals surface area contributed by atoms with Gasteiger partial charge in [0.2, 0.25) is 0 Å². The molecule has 1 aromatic heterocycles. The first kappa shape index (κ1) is 17.7. The number of aromatic nitrogens is 1. The van der Waals surface area contributed by atoms with Gasteiger partial charge in [0.05, 0.1) is 6.54 Å². The molecular formula is C19H22N2O3. The van der Waals surface area contributed by atoms with Crippen LogP contribution in [0.15, 0.2) is 53.5 Å². The Morgan fingerprint density at radius 1 is 1.21 bits per heavy atom. The van der Waals surface area contributed by atoms with Crippen LogP contribution in [0.1, 0.15) is 36.5 Å². The Morgan fingerprint density at radius 2 is 1.92 bits per heavy atom. The highest BCUT2D eigenvalue weighted by atomic mass is 16.5. The van der Waals surface area contributed by atoms with Crippen LogP contribution in [0.3, 0.4) is 0 Å².